The van der Waals surface area contributed by atoms with Crippen molar-refractivity contribution in [2.75, 3.05) is 0 Å². The maximum Gasteiger partial charge on any atom is 0.261 e. The molecule has 82 valence electrons. The minimum Gasteiger partial charge on any atom is -0.294 e. The highest BCUT2D eigenvalue weighted by Gasteiger charge is 2.14. The van der Waals surface area contributed by atoms with E-state index in [9.17, 15) is 13.2 Å². The number of hydrogen-bond acceptors (Lipinski definition) is 3. The third kappa shape index (κ3) is 2.79. The number of hydrogen-bond donors (Lipinski definition) is 0. The lowest BCUT2D eigenvalue weighted by atomic mass is 10.0. The normalized spacial score (nSPS) is 11.4. The highest BCUT2D eigenvalue weighted by molar-refractivity contribution is 8.13. The van der Waals surface area contributed by atoms with Crippen LogP contribution in [0.3, 0.4) is 0 Å². The molecule has 0 atom stereocenters. The Balaban J connectivity index is 3.36. The average molecular weight is 247 g/mol. The number of benzene rings is 1. The molecule has 0 radical (unpaired) electrons. The monoisotopic (exact) mass is 246 g/mol. The Labute approximate surface area is 93.5 Å². The molecule has 0 aliphatic carbocycles. The molecule has 0 N–H and O–H groups in total. The molecule has 0 spiro atoms. The quantitative estimate of drug-likeness (QED) is 0.608. The van der Waals surface area contributed by atoms with Crippen LogP contribution in [0.15, 0.2) is 23.1 Å². The van der Waals surface area contributed by atoms with Gasteiger partial charge in [0.25, 0.3) is 9.05 Å². The summed E-state index contributed by atoms with van der Waals surface area (Å²) in [5, 5.41) is 0. The van der Waals surface area contributed by atoms with E-state index in [-0.39, 0.29) is 10.7 Å². The summed E-state index contributed by atoms with van der Waals surface area (Å²) in [5.41, 5.74) is 1.17. The van der Waals surface area contributed by atoms with Crippen LogP contribution in [0.1, 0.15) is 29.3 Å². The van der Waals surface area contributed by atoms with E-state index in [0.717, 1.165) is 5.56 Å². The Morgan fingerprint density at radius 1 is 1.40 bits per heavy atom. The first-order valence-corrected chi connectivity index (χ1v) is 6.75. The summed E-state index contributed by atoms with van der Waals surface area (Å²) < 4.78 is 22.1. The Morgan fingerprint density at radius 3 is 2.47 bits per heavy atom. The molecule has 1 aromatic carbocycles. The topological polar surface area (TPSA) is 51.2 Å². The standard InChI is InChI=1S/C10H11ClO3S/c1-3-10(12)9-6-8(15(11,13)14)5-4-7(9)2/h4-6H,3H2,1-2H3. The SMILES string of the molecule is CCC(=O)c1cc(S(=O)(=O)Cl)ccc1C. The Bertz CT molecular complexity index is 491. The molecule has 0 saturated carbocycles. The van der Waals surface area contributed by atoms with Gasteiger partial charge in [0.15, 0.2) is 5.78 Å². The van der Waals surface area contributed by atoms with Crippen molar-refractivity contribution >= 4 is 25.5 Å². The Hall–Kier alpha value is -0.870. The number of Topliss-reactive ketones (excluding diaryl/α,β-unsaturated/α-hetero) is 1. The van der Waals surface area contributed by atoms with Gasteiger partial charge in [0.1, 0.15) is 0 Å². The summed E-state index contributed by atoms with van der Waals surface area (Å²) in [6.45, 7) is 3.48. The van der Waals surface area contributed by atoms with Crippen LogP contribution in [0, 0.1) is 6.92 Å². The van der Waals surface area contributed by atoms with E-state index >= 15 is 0 Å². The van der Waals surface area contributed by atoms with Crippen molar-refractivity contribution in [2.45, 2.75) is 25.2 Å². The van der Waals surface area contributed by atoms with Crippen LogP contribution >= 0.6 is 10.7 Å². The molecule has 0 aliphatic rings. The molecular formula is C10H11ClO3S. The molecule has 0 unspecified atom stereocenters. The van der Waals surface area contributed by atoms with Crippen molar-refractivity contribution < 1.29 is 13.2 Å². The fourth-order valence-electron chi connectivity index (χ4n) is 1.24. The number of ketones is 1. The summed E-state index contributed by atoms with van der Waals surface area (Å²) in [6.07, 6.45) is 0.340. The highest BCUT2D eigenvalue weighted by Crippen LogP contribution is 2.20. The first kappa shape index (κ1) is 12.2. The average Bonchev–Trinajstić information content (AvgIpc) is 2.15. The number of carbonyl (C=O) groups excluding carboxylic acids is 1. The molecule has 1 rings (SSSR count). The lowest BCUT2D eigenvalue weighted by molar-refractivity contribution is 0.0987. The molecule has 15 heavy (non-hydrogen) atoms. The molecule has 0 bridgehead atoms. The van der Waals surface area contributed by atoms with E-state index in [1.807, 2.05) is 0 Å². The lowest BCUT2D eigenvalue weighted by Gasteiger charge is -2.04. The van der Waals surface area contributed by atoms with Crippen molar-refractivity contribution in [2.24, 2.45) is 0 Å². The largest absolute Gasteiger partial charge is 0.294 e. The zero-order chi connectivity index (χ0) is 11.6. The van der Waals surface area contributed by atoms with E-state index < -0.39 is 9.05 Å². The van der Waals surface area contributed by atoms with E-state index in [4.69, 9.17) is 10.7 Å². The van der Waals surface area contributed by atoms with Gasteiger partial charge in [-0.1, -0.05) is 13.0 Å². The maximum absolute atomic E-state index is 11.5. The van der Waals surface area contributed by atoms with Gasteiger partial charge in [0.05, 0.1) is 4.90 Å². The van der Waals surface area contributed by atoms with Gasteiger partial charge in [-0.15, -0.1) is 0 Å². The third-order valence-electron chi connectivity index (χ3n) is 2.11. The van der Waals surface area contributed by atoms with Crippen molar-refractivity contribution in [3.63, 3.8) is 0 Å². The second kappa shape index (κ2) is 4.33. The van der Waals surface area contributed by atoms with E-state index in [1.165, 1.54) is 12.1 Å². The second-order valence-corrected chi connectivity index (χ2v) is 5.76. The van der Waals surface area contributed by atoms with Crippen molar-refractivity contribution in [1.29, 1.82) is 0 Å². The number of rotatable bonds is 3. The molecule has 0 amide bonds. The first-order chi connectivity index (χ1) is 6.86. The smallest absolute Gasteiger partial charge is 0.261 e. The van der Waals surface area contributed by atoms with E-state index in [1.54, 1.807) is 19.9 Å². The molecule has 0 saturated heterocycles. The summed E-state index contributed by atoms with van der Waals surface area (Å²) in [6, 6.07) is 4.30. The van der Waals surface area contributed by atoms with Crippen LogP contribution in [-0.2, 0) is 9.05 Å². The van der Waals surface area contributed by atoms with E-state index in [0.29, 0.717) is 12.0 Å². The van der Waals surface area contributed by atoms with Gasteiger partial charge < -0.3 is 0 Å². The first-order valence-electron chi connectivity index (χ1n) is 4.44. The van der Waals surface area contributed by atoms with Crippen LogP contribution in [0.5, 0.6) is 0 Å². The third-order valence-corrected chi connectivity index (χ3v) is 3.46. The molecule has 0 aliphatic heterocycles. The van der Waals surface area contributed by atoms with Crippen molar-refractivity contribution in [3.8, 4) is 0 Å². The van der Waals surface area contributed by atoms with Gasteiger partial charge in [-0.05, 0) is 24.6 Å². The molecule has 0 aromatic heterocycles. The summed E-state index contributed by atoms with van der Waals surface area (Å²) in [4.78, 5) is 11.4. The predicted molar refractivity (Wildman–Crippen MR) is 58.8 cm³/mol. The molecule has 3 nitrogen and oxygen atoms in total. The molecule has 0 fully saturated rings. The summed E-state index contributed by atoms with van der Waals surface area (Å²) in [7, 11) is 1.43. The second-order valence-electron chi connectivity index (χ2n) is 3.19. The zero-order valence-electron chi connectivity index (χ0n) is 8.45. The number of aryl methyl sites for hydroxylation is 1. The highest BCUT2D eigenvalue weighted by atomic mass is 35.7. The van der Waals surface area contributed by atoms with Crippen molar-refractivity contribution in [3.05, 3.63) is 29.3 Å². The summed E-state index contributed by atoms with van der Waals surface area (Å²) in [5.74, 6) is -0.0883. The van der Waals surface area contributed by atoms with Crippen LogP contribution in [0.4, 0.5) is 0 Å². The van der Waals surface area contributed by atoms with Crippen LogP contribution in [-0.4, -0.2) is 14.2 Å². The Morgan fingerprint density at radius 2 is 2.00 bits per heavy atom. The molecule has 1 aromatic rings. The van der Waals surface area contributed by atoms with Gasteiger partial charge >= 0.3 is 0 Å². The van der Waals surface area contributed by atoms with Crippen LogP contribution in [0.25, 0.3) is 0 Å². The maximum atomic E-state index is 11.5. The van der Waals surface area contributed by atoms with Gasteiger partial charge in [0.2, 0.25) is 0 Å². The molecule has 5 heteroatoms. The van der Waals surface area contributed by atoms with Gasteiger partial charge in [0, 0.05) is 22.7 Å². The fraction of sp³-hybridized carbons (Fsp3) is 0.300. The van der Waals surface area contributed by atoms with Crippen LogP contribution < -0.4 is 0 Å². The molecular weight excluding hydrogens is 236 g/mol. The van der Waals surface area contributed by atoms with Gasteiger partial charge in [-0.3, -0.25) is 4.79 Å². The number of carbonyl (C=O) groups is 1. The van der Waals surface area contributed by atoms with Crippen molar-refractivity contribution in [1.82, 2.24) is 0 Å². The van der Waals surface area contributed by atoms with Gasteiger partial charge in [-0.2, -0.15) is 0 Å². The fourth-order valence-corrected chi connectivity index (χ4v) is 2.02. The Kier molecular flexibility index (Phi) is 3.52. The predicted octanol–water partition coefficient (Wildman–Crippen LogP) is 2.52. The van der Waals surface area contributed by atoms with Crippen LogP contribution in [0.2, 0.25) is 0 Å². The summed E-state index contributed by atoms with van der Waals surface area (Å²) >= 11 is 0. The number of halogens is 1. The van der Waals surface area contributed by atoms with Gasteiger partial charge in [-0.25, -0.2) is 8.42 Å². The zero-order valence-corrected chi connectivity index (χ0v) is 10.0. The van der Waals surface area contributed by atoms with E-state index in [2.05, 4.69) is 0 Å². The lowest BCUT2D eigenvalue weighted by Crippen LogP contribution is -2.02. The molecule has 0 heterocycles. The minimum atomic E-state index is -3.76. The minimum absolute atomic E-state index is 0.0356.